The van der Waals surface area contributed by atoms with Crippen molar-refractivity contribution in [3.05, 3.63) is 20.8 Å². The Morgan fingerprint density at radius 1 is 1.53 bits per heavy atom. The van der Waals surface area contributed by atoms with E-state index in [4.69, 9.17) is 0 Å². The molecule has 1 aromatic rings. The monoisotopic (exact) mass is 339 g/mol. The van der Waals surface area contributed by atoms with Crippen molar-refractivity contribution in [3.63, 3.8) is 0 Å². The second-order valence-corrected chi connectivity index (χ2v) is 8.44. The first-order valence-electron chi connectivity index (χ1n) is 5.61. The van der Waals surface area contributed by atoms with Crippen molar-refractivity contribution in [1.82, 2.24) is 5.32 Å². The van der Waals surface area contributed by atoms with Gasteiger partial charge in [0, 0.05) is 27.8 Å². The Kier molecular flexibility index (Phi) is 6.12. The quantitative estimate of drug-likeness (QED) is 0.777. The van der Waals surface area contributed by atoms with Crippen LogP contribution in [0, 0.1) is 0 Å². The van der Waals surface area contributed by atoms with E-state index < -0.39 is 9.84 Å². The lowest BCUT2D eigenvalue weighted by molar-refractivity contribution is 0.576. The molecule has 0 spiro atoms. The van der Waals surface area contributed by atoms with E-state index in [0.717, 1.165) is 11.0 Å². The molecule has 1 unspecified atom stereocenters. The van der Waals surface area contributed by atoms with Crippen molar-refractivity contribution in [2.75, 3.05) is 12.3 Å². The highest BCUT2D eigenvalue weighted by Crippen LogP contribution is 2.19. The highest BCUT2D eigenvalue weighted by atomic mass is 79.9. The van der Waals surface area contributed by atoms with Gasteiger partial charge in [-0.05, 0) is 35.3 Å². The molecule has 0 saturated carbocycles. The van der Waals surface area contributed by atoms with Gasteiger partial charge in [-0.2, -0.15) is 0 Å². The zero-order valence-electron chi connectivity index (χ0n) is 10.1. The molecular weight excluding hydrogens is 322 g/mol. The summed E-state index contributed by atoms with van der Waals surface area (Å²) in [5.41, 5.74) is 0. The molecule has 1 N–H and O–H groups in total. The van der Waals surface area contributed by atoms with E-state index in [9.17, 15) is 8.42 Å². The Morgan fingerprint density at radius 2 is 2.24 bits per heavy atom. The highest BCUT2D eigenvalue weighted by Gasteiger charge is 2.17. The Bertz CT molecular complexity index is 442. The fourth-order valence-corrected chi connectivity index (χ4v) is 4.09. The first-order valence-corrected chi connectivity index (χ1v) is 8.99. The lowest BCUT2D eigenvalue weighted by atomic mass is 10.4. The fourth-order valence-electron chi connectivity index (χ4n) is 1.33. The average molecular weight is 340 g/mol. The summed E-state index contributed by atoms with van der Waals surface area (Å²) in [6, 6.07) is 2.04. The molecule has 1 rings (SSSR count). The molecule has 0 bridgehead atoms. The Hall–Kier alpha value is 0.0900. The number of rotatable bonds is 7. The molecule has 0 aliphatic carbocycles. The smallest absolute Gasteiger partial charge is 0.154 e. The standard InChI is InChI=1S/C11H18BrNO2S2/c1-3-9(2)17(14,15)5-4-13-7-11-6-10(12)8-16-11/h6,8-9,13H,3-5,7H2,1-2H3. The van der Waals surface area contributed by atoms with Gasteiger partial charge in [0.1, 0.15) is 0 Å². The second-order valence-electron chi connectivity index (χ2n) is 3.99. The maximum Gasteiger partial charge on any atom is 0.154 e. The van der Waals surface area contributed by atoms with E-state index in [2.05, 4.69) is 21.2 Å². The van der Waals surface area contributed by atoms with Gasteiger partial charge >= 0.3 is 0 Å². The van der Waals surface area contributed by atoms with Crippen LogP contribution in [0.5, 0.6) is 0 Å². The van der Waals surface area contributed by atoms with Gasteiger partial charge < -0.3 is 5.32 Å². The summed E-state index contributed by atoms with van der Waals surface area (Å²) in [6.45, 7) is 4.92. The molecule has 0 aliphatic heterocycles. The van der Waals surface area contributed by atoms with Crippen LogP contribution in [0.4, 0.5) is 0 Å². The van der Waals surface area contributed by atoms with E-state index in [1.807, 2.05) is 18.4 Å². The topological polar surface area (TPSA) is 46.2 Å². The van der Waals surface area contributed by atoms with Crippen LogP contribution in [0.2, 0.25) is 0 Å². The van der Waals surface area contributed by atoms with Crippen LogP contribution in [0.25, 0.3) is 0 Å². The number of halogens is 1. The third-order valence-electron chi connectivity index (χ3n) is 2.67. The minimum atomic E-state index is -2.93. The molecule has 0 fully saturated rings. The summed E-state index contributed by atoms with van der Waals surface area (Å²) in [6.07, 6.45) is 0.681. The van der Waals surface area contributed by atoms with Crippen LogP contribution in [-0.2, 0) is 16.4 Å². The van der Waals surface area contributed by atoms with Crippen LogP contribution in [-0.4, -0.2) is 26.0 Å². The van der Waals surface area contributed by atoms with Crippen LogP contribution in [0.15, 0.2) is 15.9 Å². The molecule has 0 saturated heterocycles. The first-order chi connectivity index (χ1) is 7.95. The molecule has 3 nitrogen and oxygen atoms in total. The molecule has 1 heterocycles. The maximum absolute atomic E-state index is 11.7. The van der Waals surface area contributed by atoms with E-state index in [1.54, 1.807) is 18.3 Å². The van der Waals surface area contributed by atoms with Crippen molar-refractivity contribution in [2.45, 2.75) is 32.1 Å². The average Bonchev–Trinajstić information content (AvgIpc) is 2.69. The molecule has 17 heavy (non-hydrogen) atoms. The second kappa shape index (κ2) is 6.87. The molecular formula is C11H18BrNO2S2. The zero-order valence-corrected chi connectivity index (χ0v) is 13.3. The highest BCUT2D eigenvalue weighted by molar-refractivity contribution is 9.10. The largest absolute Gasteiger partial charge is 0.311 e. The van der Waals surface area contributed by atoms with Crippen LogP contribution in [0.3, 0.4) is 0 Å². The zero-order chi connectivity index (χ0) is 12.9. The molecule has 98 valence electrons. The van der Waals surface area contributed by atoms with Crippen molar-refractivity contribution in [1.29, 1.82) is 0 Å². The molecule has 0 amide bonds. The van der Waals surface area contributed by atoms with Crippen LogP contribution in [0.1, 0.15) is 25.1 Å². The van der Waals surface area contributed by atoms with E-state index in [0.29, 0.717) is 13.0 Å². The van der Waals surface area contributed by atoms with Crippen LogP contribution >= 0.6 is 27.3 Å². The Morgan fingerprint density at radius 3 is 2.76 bits per heavy atom. The fraction of sp³-hybridized carbons (Fsp3) is 0.636. The minimum Gasteiger partial charge on any atom is -0.311 e. The Balaban J connectivity index is 2.29. The Labute approximate surface area is 116 Å². The summed E-state index contributed by atoms with van der Waals surface area (Å²) < 4.78 is 24.5. The van der Waals surface area contributed by atoms with Gasteiger partial charge in [0.2, 0.25) is 0 Å². The maximum atomic E-state index is 11.7. The van der Waals surface area contributed by atoms with Crippen molar-refractivity contribution < 1.29 is 8.42 Å². The van der Waals surface area contributed by atoms with Crippen molar-refractivity contribution in [2.24, 2.45) is 0 Å². The van der Waals surface area contributed by atoms with Crippen LogP contribution < -0.4 is 5.32 Å². The van der Waals surface area contributed by atoms with Gasteiger partial charge in [0.25, 0.3) is 0 Å². The van der Waals surface area contributed by atoms with Crippen molar-refractivity contribution >= 4 is 37.1 Å². The molecule has 0 aliphatic rings. The molecule has 6 heteroatoms. The van der Waals surface area contributed by atoms with Crippen molar-refractivity contribution in [3.8, 4) is 0 Å². The summed E-state index contributed by atoms with van der Waals surface area (Å²) in [5.74, 6) is 0.217. The number of thiophene rings is 1. The predicted octanol–water partition coefficient (Wildman–Crippen LogP) is 2.81. The number of sulfone groups is 1. The molecule has 0 radical (unpaired) electrons. The van der Waals surface area contributed by atoms with Gasteiger partial charge in [0.15, 0.2) is 9.84 Å². The van der Waals surface area contributed by atoms with Gasteiger partial charge in [-0.3, -0.25) is 0 Å². The van der Waals surface area contributed by atoms with Gasteiger partial charge in [0.05, 0.1) is 11.0 Å². The summed E-state index contributed by atoms with van der Waals surface area (Å²) >= 11 is 5.05. The van der Waals surface area contributed by atoms with E-state index in [1.165, 1.54) is 4.88 Å². The van der Waals surface area contributed by atoms with Gasteiger partial charge in [-0.15, -0.1) is 11.3 Å². The lowest BCUT2D eigenvalue weighted by Crippen LogP contribution is -2.27. The summed E-state index contributed by atoms with van der Waals surface area (Å²) in [5, 5.41) is 4.95. The molecule has 0 aromatic carbocycles. The lowest BCUT2D eigenvalue weighted by Gasteiger charge is -2.10. The predicted molar refractivity (Wildman–Crippen MR) is 77.3 cm³/mol. The van der Waals surface area contributed by atoms with E-state index in [-0.39, 0.29) is 11.0 Å². The first kappa shape index (κ1) is 15.1. The van der Waals surface area contributed by atoms with Gasteiger partial charge in [-0.1, -0.05) is 6.92 Å². The summed E-state index contributed by atoms with van der Waals surface area (Å²) in [7, 11) is -2.93. The number of nitrogens with one attached hydrogen (secondary N) is 1. The number of hydrogen-bond donors (Lipinski definition) is 1. The normalized spacial score (nSPS) is 13.8. The molecule has 1 aromatic heterocycles. The van der Waals surface area contributed by atoms with E-state index >= 15 is 0 Å². The summed E-state index contributed by atoms with van der Waals surface area (Å²) in [4.78, 5) is 1.21. The third-order valence-corrected chi connectivity index (χ3v) is 6.70. The number of hydrogen-bond acceptors (Lipinski definition) is 4. The van der Waals surface area contributed by atoms with Gasteiger partial charge in [-0.25, -0.2) is 8.42 Å². The molecule has 1 atom stereocenters. The minimum absolute atomic E-state index is 0.217. The SMILES string of the molecule is CCC(C)S(=O)(=O)CCNCc1cc(Br)cs1. The third kappa shape index (κ3) is 5.07.